The third-order valence-electron chi connectivity index (χ3n) is 6.33. The first-order valence-corrected chi connectivity index (χ1v) is 10.5. The van der Waals surface area contributed by atoms with Crippen molar-refractivity contribution in [3.8, 4) is 0 Å². The van der Waals surface area contributed by atoms with Crippen molar-refractivity contribution in [1.29, 1.82) is 0 Å². The zero-order chi connectivity index (χ0) is 19.4. The van der Waals surface area contributed by atoms with Crippen LogP contribution in [-0.4, -0.2) is 0 Å². The van der Waals surface area contributed by atoms with Gasteiger partial charge in [-0.25, -0.2) is 0 Å². The Labute approximate surface area is 162 Å². The molecule has 0 aromatic heterocycles. The van der Waals surface area contributed by atoms with Crippen molar-refractivity contribution in [2.45, 2.75) is 80.1 Å². The third-order valence-corrected chi connectivity index (χ3v) is 6.33. The van der Waals surface area contributed by atoms with E-state index in [0.29, 0.717) is 0 Å². The average Bonchev–Trinajstić information content (AvgIpc) is 2.61. The van der Waals surface area contributed by atoms with Gasteiger partial charge in [-0.05, 0) is 53.4 Å². The minimum absolute atomic E-state index is 0.0835. The highest BCUT2D eigenvalue weighted by molar-refractivity contribution is 5.76. The van der Waals surface area contributed by atoms with Gasteiger partial charge in [-0.3, -0.25) is 0 Å². The van der Waals surface area contributed by atoms with E-state index in [1.54, 1.807) is 5.57 Å². The Morgan fingerprint density at radius 1 is 1.04 bits per heavy atom. The number of hydrogen-bond donors (Lipinski definition) is 0. The molecule has 0 heterocycles. The van der Waals surface area contributed by atoms with Crippen LogP contribution >= 0.6 is 0 Å². The quantitative estimate of drug-likeness (QED) is 0.433. The van der Waals surface area contributed by atoms with Crippen LogP contribution in [0.5, 0.6) is 0 Å². The van der Waals surface area contributed by atoms with Crippen LogP contribution in [0.2, 0.25) is 0 Å². The zero-order valence-corrected chi connectivity index (χ0v) is 17.9. The van der Waals surface area contributed by atoms with Crippen LogP contribution in [0.25, 0.3) is 11.1 Å². The van der Waals surface area contributed by atoms with Crippen molar-refractivity contribution < 1.29 is 0 Å². The van der Waals surface area contributed by atoms with Gasteiger partial charge in [0.05, 0.1) is 0 Å². The summed E-state index contributed by atoms with van der Waals surface area (Å²) in [5.74, 6) is 0. The van der Waals surface area contributed by atoms with E-state index in [1.807, 2.05) is 0 Å². The summed E-state index contributed by atoms with van der Waals surface area (Å²) in [6.07, 6.45) is 12.0. The minimum Gasteiger partial charge on any atom is -0.0952 e. The molecule has 0 nitrogen and oxygen atoms in total. The van der Waals surface area contributed by atoms with Gasteiger partial charge >= 0.3 is 0 Å². The van der Waals surface area contributed by atoms with Crippen LogP contribution in [0.15, 0.2) is 48.6 Å². The highest BCUT2D eigenvalue weighted by Crippen LogP contribution is 2.55. The second-order valence-corrected chi connectivity index (χ2v) is 8.70. The van der Waals surface area contributed by atoms with Gasteiger partial charge in [0.15, 0.2) is 0 Å². The van der Waals surface area contributed by atoms with Gasteiger partial charge in [-0.15, -0.1) is 0 Å². The molecule has 0 fully saturated rings. The Morgan fingerprint density at radius 3 is 2.23 bits per heavy atom. The van der Waals surface area contributed by atoms with E-state index in [-0.39, 0.29) is 10.8 Å². The van der Waals surface area contributed by atoms with Gasteiger partial charge in [-0.1, -0.05) is 103 Å². The fourth-order valence-electron chi connectivity index (χ4n) is 4.53. The Balaban J connectivity index is 2.41. The predicted octanol–water partition coefficient (Wildman–Crippen LogP) is 8.46. The summed E-state index contributed by atoms with van der Waals surface area (Å²) in [6.45, 7) is 18.3. The molecule has 1 aromatic carbocycles. The number of allylic oxidation sites excluding steroid dienone is 5. The lowest BCUT2D eigenvalue weighted by molar-refractivity contribution is 0.310. The molecule has 0 saturated carbocycles. The van der Waals surface area contributed by atoms with Crippen LogP contribution in [-0.2, 0) is 0 Å². The zero-order valence-electron chi connectivity index (χ0n) is 17.9. The Hall–Kier alpha value is -1.56. The van der Waals surface area contributed by atoms with Crippen molar-refractivity contribution >= 4 is 11.1 Å². The summed E-state index contributed by atoms with van der Waals surface area (Å²) in [5, 5.41) is 0. The predicted molar refractivity (Wildman–Crippen MR) is 118 cm³/mol. The summed E-state index contributed by atoms with van der Waals surface area (Å²) in [5.41, 5.74) is 7.38. The highest BCUT2D eigenvalue weighted by atomic mass is 14.5. The van der Waals surface area contributed by atoms with Gasteiger partial charge in [0.1, 0.15) is 0 Å². The number of hydrogen-bond acceptors (Lipinski definition) is 0. The van der Waals surface area contributed by atoms with Crippen LogP contribution < -0.4 is 0 Å². The van der Waals surface area contributed by atoms with Gasteiger partial charge < -0.3 is 0 Å². The molecule has 2 rings (SSSR count). The summed E-state index contributed by atoms with van der Waals surface area (Å²) in [4.78, 5) is 0. The molecule has 1 aliphatic carbocycles. The Bertz CT molecular complexity index is 681. The third kappa shape index (κ3) is 4.05. The van der Waals surface area contributed by atoms with E-state index >= 15 is 0 Å². The molecular formula is C26H38. The fraction of sp³-hybridized carbons (Fsp3) is 0.538. The average molecular weight is 351 g/mol. The lowest BCUT2D eigenvalue weighted by atomic mass is 9.58. The number of rotatable bonds is 7. The molecule has 142 valence electrons. The highest BCUT2D eigenvalue weighted by Gasteiger charge is 2.42. The number of unbranched alkanes of at least 4 members (excludes halogenated alkanes) is 1. The standard InChI is InChI=1S/C26H38/c1-8-11-13-24-25(5,6)23(18-19-26(24,7)10-3)22-16-14-21(15-17-22)20(4)12-9-2/h13-18H,4,8-12,19H2,1-3,5-7H3/b24-13-/t26-/m0/s1. The maximum atomic E-state index is 4.24. The molecule has 0 aliphatic heterocycles. The molecule has 0 bridgehead atoms. The van der Waals surface area contributed by atoms with E-state index in [1.165, 1.54) is 41.5 Å². The minimum atomic E-state index is 0.0835. The molecule has 26 heavy (non-hydrogen) atoms. The molecule has 0 amide bonds. The largest absolute Gasteiger partial charge is 0.0952 e. The summed E-state index contributed by atoms with van der Waals surface area (Å²) >= 11 is 0. The maximum Gasteiger partial charge on any atom is 0.0113 e. The fourth-order valence-corrected chi connectivity index (χ4v) is 4.53. The van der Waals surface area contributed by atoms with Crippen LogP contribution in [0.3, 0.4) is 0 Å². The lowest BCUT2D eigenvalue weighted by Gasteiger charge is -2.46. The molecule has 0 N–H and O–H groups in total. The lowest BCUT2D eigenvalue weighted by Crippen LogP contribution is -2.33. The molecule has 0 saturated heterocycles. The van der Waals surface area contributed by atoms with E-state index < -0.39 is 0 Å². The smallest absolute Gasteiger partial charge is 0.0113 e. The first-order valence-electron chi connectivity index (χ1n) is 10.5. The van der Waals surface area contributed by atoms with Crippen molar-refractivity contribution in [3.05, 3.63) is 59.7 Å². The topological polar surface area (TPSA) is 0 Å². The van der Waals surface area contributed by atoms with Crippen molar-refractivity contribution in [2.75, 3.05) is 0 Å². The van der Waals surface area contributed by atoms with Gasteiger partial charge in [0.25, 0.3) is 0 Å². The maximum absolute atomic E-state index is 4.24. The summed E-state index contributed by atoms with van der Waals surface area (Å²) < 4.78 is 0. The molecular weight excluding hydrogens is 312 g/mol. The molecule has 0 radical (unpaired) electrons. The first-order chi connectivity index (χ1) is 12.3. The Morgan fingerprint density at radius 2 is 1.69 bits per heavy atom. The molecule has 1 atom stereocenters. The van der Waals surface area contributed by atoms with Crippen LogP contribution in [0.4, 0.5) is 0 Å². The van der Waals surface area contributed by atoms with E-state index in [4.69, 9.17) is 0 Å². The normalized spacial score (nSPS) is 23.8. The summed E-state index contributed by atoms with van der Waals surface area (Å²) in [6, 6.07) is 9.12. The van der Waals surface area contributed by atoms with E-state index in [9.17, 15) is 0 Å². The van der Waals surface area contributed by atoms with Crippen LogP contribution in [0, 0.1) is 10.8 Å². The Kier molecular flexibility index (Phi) is 6.72. The van der Waals surface area contributed by atoms with Gasteiger partial charge in [0.2, 0.25) is 0 Å². The van der Waals surface area contributed by atoms with Crippen molar-refractivity contribution in [3.63, 3.8) is 0 Å². The molecule has 0 unspecified atom stereocenters. The van der Waals surface area contributed by atoms with Crippen molar-refractivity contribution in [2.24, 2.45) is 10.8 Å². The molecule has 1 aromatic rings. The van der Waals surface area contributed by atoms with E-state index in [0.717, 1.165) is 19.3 Å². The van der Waals surface area contributed by atoms with Gasteiger partial charge in [-0.2, -0.15) is 0 Å². The SMILES string of the molecule is C=C(CCC)c1ccc(C2=CC[C@](C)(CC)/C(=C\CCC)C2(C)C)cc1. The second kappa shape index (κ2) is 8.42. The second-order valence-electron chi connectivity index (χ2n) is 8.70. The van der Waals surface area contributed by atoms with E-state index in [2.05, 4.69) is 84.5 Å². The van der Waals surface area contributed by atoms with Crippen molar-refractivity contribution in [1.82, 2.24) is 0 Å². The monoisotopic (exact) mass is 350 g/mol. The van der Waals surface area contributed by atoms with Crippen LogP contribution in [0.1, 0.15) is 91.2 Å². The molecule has 0 heteroatoms. The molecule has 0 spiro atoms. The first kappa shape index (κ1) is 20.7. The number of benzene rings is 1. The van der Waals surface area contributed by atoms with Gasteiger partial charge in [0, 0.05) is 5.41 Å². The molecule has 1 aliphatic rings. The summed E-state index contributed by atoms with van der Waals surface area (Å²) in [7, 11) is 0.